The molecular formula is C29H30N3O6PS. The number of hydrogen-bond acceptors (Lipinski definition) is 6. The van der Waals surface area contributed by atoms with Crippen LogP contribution < -0.4 is 21.6 Å². The molecule has 3 aromatic rings. The van der Waals surface area contributed by atoms with Crippen LogP contribution in [0.4, 0.5) is 4.79 Å². The number of benzene rings is 3. The average molecular weight is 580 g/mol. The van der Waals surface area contributed by atoms with Gasteiger partial charge < -0.3 is 0 Å². The minimum absolute atomic E-state index is 0.0494. The number of urea groups is 1. The summed E-state index contributed by atoms with van der Waals surface area (Å²) in [7, 11) is -4.93. The van der Waals surface area contributed by atoms with E-state index in [0.29, 0.717) is 21.5 Å². The molecule has 2 heterocycles. The van der Waals surface area contributed by atoms with E-state index >= 15 is 0 Å². The van der Waals surface area contributed by atoms with Crippen LogP contribution in [0.3, 0.4) is 0 Å². The van der Waals surface area contributed by atoms with Crippen molar-refractivity contribution in [1.82, 2.24) is 9.96 Å². The molecule has 0 spiro atoms. The number of rotatable bonds is 9. The second-order valence-corrected chi connectivity index (χ2v) is 15.3. The van der Waals surface area contributed by atoms with E-state index in [1.807, 2.05) is 91.0 Å². The summed E-state index contributed by atoms with van der Waals surface area (Å²) in [5, 5.41) is 2.60. The minimum atomic E-state index is -4.93. The maximum atomic E-state index is 14.1. The van der Waals surface area contributed by atoms with Crippen LogP contribution in [0, 0.1) is 0 Å². The van der Waals surface area contributed by atoms with Crippen LogP contribution in [0.25, 0.3) is 0 Å². The Kier molecular flexibility index (Phi) is 7.14. The van der Waals surface area contributed by atoms with Crippen LogP contribution in [-0.2, 0) is 23.4 Å². The number of carbonyl (C=O) groups excluding carboxylic acids is 2. The molecule has 9 nitrogen and oxygen atoms in total. The van der Waals surface area contributed by atoms with Crippen LogP contribution in [0.1, 0.15) is 13.8 Å². The van der Waals surface area contributed by atoms with E-state index in [1.165, 1.54) is 4.90 Å². The van der Waals surface area contributed by atoms with Crippen molar-refractivity contribution in [3.8, 4) is 0 Å². The SMILES string of the molecule is C/C=C/P(OS(=O)(=O)ON1C(=O)N2C[C@H]1C=C(C)[C@H]2C(N)=O)(c1ccccc1)(c1ccccc1)c1ccccc1. The van der Waals surface area contributed by atoms with Crippen LogP contribution in [0.2, 0.25) is 0 Å². The van der Waals surface area contributed by atoms with Gasteiger partial charge in [-0.2, -0.15) is 0 Å². The molecule has 2 N–H and O–H groups in total. The summed E-state index contributed by atoms with van der Waals surface area (Å²) in [5.41, 5.74) is 6.06. The predicted molar refractivity (Wildman–Crippen MR) is 156 cm³/mol. The van der Waals surface area contributed by atoms with Gasteiger partial charge in [-0.15, -0.1) is 0 Å². The summed E-state index contributed by atoms with van der Waals surface area (Å²) in [5.74, 6) is 1.09. The number of nitrogens with two attached hydrogens (primary N) is 1. The monoisotopic (exact) mass is 579 g/mol. The van der Waals surface area contributed by atoms with E-state index in [-0.39, 0.29) is 6.54 Å². The van der Waals surface area contributed by atoms with E-state index in [0.717, 1.165) is 5.06 Å². The van der Waals surface area contributed by atoms with E-state index in [1.54, 1.807) is 31.8 Å². The number of carbonyl (C=O) groups is 2. The summed E-state index contributed by atoms with van der Waals surface area (Å²) in [6.45, 7) is -0.938. The first-order valence-electron chi connectivity index (χ1n) is 12.7. The molecule has 0 aliphatic carbocycles. The summed E-state index contributed by atoms with van der Waals surface area (Å²) in [6, 6.07) is 24.9. The first kappa shape index (κ1) is 27.7. The molecule has 0 unspecified atom stereocenters. The van der Waals surface area contributed by atoms with Gasteiger partial charge >= 0.3 is 234 Å². The molecule has 1 fully saturated rings. The van der Waals surface area contributed by atoms with E-state index in [4.69, 9.17) is 14.0 Å². The Morgan fingerprint density at radius 3 is 1.82 bits per heavy atom. The normalized spacial score (nSPS) is 20.3. The summed E-state index contributed by atoms with van der Waals surface area (Å²) in [4.78, 5) is 26.5. The summed E-state index contributed by atoms with van der Waals surface area (Å²) < 4.78 is 40.1. The molecule has 2 aliphatic heterocycles. The zero-order chi connectivity index (χ0) is 28.6. The van der Waals surface area contributed by atoms with E-state index < -0.39 is 41.3 Å². The Bertz CT molecular complexity index is 1500. The van der Waals surface area contributed by atoms with Crippen LogP contribution in [0.15, 0.2) is 115 Å². The summed E-state index contributed by atoms with van der Waals surface area (Å²) in [6.07, 6.45) is 3.38. The van der Waals surface area contributed by atoms with Gasteiger partial charge in [-0.1, -0.05) is 0 Å². The van der Waals surface area contributed by atoms with Gasteiger partial charge in [-0.25, -0.2) is 0 Å². The first-order valence-corrected chi connectivity index (χ1v) is 16.2. The number of allylic oxidation sites excluding steroid dienone is 1. The molecule has 208 valence electrons. The van der Waals surface area contributed by atoms with Gasteiger partial charge in [0.15, 0.2) is 0 Å². The van der Waals surface area contributed by atoms with Crippen molar-refractivity contribution >= 4 is 45.1 Å². The van der Waals surface area contributed by atoms with Crippen molar-refractivity contribution in [2.45, 2.75) is 25.9 Å². The van der Waals surface area contributed by atoms with Crippen molar-refractivity contribution in [3.63, 3.8) is 0 Å². The third-order valence-electron chi connectivity index (χ3n) is 7.24. The molecule has 2 bridgehead atoms. The zero-order valence-electron chi connectivity index (χ0n) is 22.0. The second kappa shape index (κ2) is 10.3. The number of hydrogen-bond donors (Lipinski definition) is 1. The van der Waals surface area contributed by atoms with Crippen molar-refractivity contribution in [2.75, 3.05) is 6.54 Å². The van der Waals surface area contributed by atoms with Gasteiger partial charge in [0.1, 0.15) is 0 Å². The van der Waals surface area contributed by atoms with Gasteiger partial charge in [-0.3, -0.25) is 0 Å². The third kappa shape index (κ3) is 4.33. The molecule has 3 aromatic carbocycles. The average Bonchev–Trinajstić information content (AvgIpc) is 3.18. The van der Waals surface area contributed by atoms with E-state index in [2.05, 4.69) is 0 Å². The fourth-order valence-corrected chi connectivity index (χ4v) is 13.2. The Morgan fingerprint density at radius 2 is 1.40 bits per heavy atom. The molecule has 2 atom stereocenters. The molecule has 0 radical (unpaired) electrons. The maximum absolute atomic E-state index is 14.1. The van der Waals surface area contributed by atoms with Crippen molar-refractivity contribution in [3.05, 3.63) is 115 Å². The molecular weight excluding hydrogens is 549 g/mol. The second-order valence-electron chi connectivity index (χ2n) is 9.69. The summed E-state index contributed by atoms with van der Waals surface area (Å²) >= 11 is 0. The fraction of sp³-hybridized carbons (Fsp3) is 0.172. The molecule has 11 heteroatoms. The number of hydroxylamine groups is 2. The van der Waals surface area contributed by atoms with Gasteiger partial charge in [0.2, 0.25) is 0 Å². The molecule has 1 saturated heterocycles. The standard InChI is InChI=1S/C29H30N3O6PS/c1-3-19-39(24-13-7-4-8-14-24,25-15-9-5-10-16-25,26-17-11-6-12-18-26)38-40(35,36)37-32-23-20-22(2)27(28(30)33)31(21-23)29(32)34/h3-20,23,27H,21H2,1-2H3,(H2,30,33)/b19-3+/t23-,27+/m1/s1. The quantitative estimate of drug-likeness (QED) is 0.308. The molecule has 0 aromatic heterocycles. The van der Waals surface area contributed by atoms with Crippen LogP contribution >= 0.6 is 6.83 Å². The third-order valence-corrected chi connectivity index (χ3v) is 14.4. The van der Waals surface area contributed by atoms with Crippen molar-refractivity contribution < 1.29 is 26.3 Å². The Hall–Kier alpha value is -3.82. The van der Waals surface area contributed by atoms with E-state index in [9.17, 15) is 18.0 Å². The van der Waals surface area contributed by atoms with Gasteiger partial charge in [0, 0.05) is 0 Å². The Labute approximate surface area is 233 Å². The first-order chi connectivity index (χ1) is 19.1. The molecule has 0 saturated carbocycles. The fourth-order valence-electron chi connectivity index (χ4n) is 5.68. The Morgan fingerprint density at radius 1 is 0.925 bits per heavy atom. The Balaban J connectivity index is 1.70. The molecule has 40 heavy (non-hydrogen) atoms. The van der Waals surface area contributed by atoms with Crippen LogP contribution in [-0.4, -0.2) is 48.9 Å². The van der Waals surface area contributed by atoms with Gasteiger partial charge in [0.05, 0.1) is 0 Å². The number of primary amides is 1. The van der Waals surface area contributed by atoms with Crippen LogP contribution in [0.5, 0.6) is 0 Å². The van der Waals surface area contributed by atoms with Crippen molar-refractivity contribution in [1.29, 1.82) is 0 Å². The van der Waals surface area contributed by atoms with Gasteiger partial charge in [-0.05, 0) is 0 Å². The van der Waals surface area contributed by atoms with Crippen molar-refractivity contribution in [2.24, 2.45) is 5.73 Å². The molecule has 5 rings (SSSR count). The molecule has 2 aliphatic rings. The number of nitrogens with zero attached hydrogens (tertiary/aromatic N) is 2. The topological polar surface area (TPSA) is 119 Å². The van der Waals surface area contributed by atoms with Gasteiger partial charge in [0.25, 0.3) is 0 Å². The molecule has 3 amide bonds. The number of fused-ring (bicyclic) bond motifs is 2. The predicted octanol–water partition coefficient (Wildman–Crippen LogP) is 3.08. The zero-order valence-corrected chi connectivity index (χ0v) is 23.7. The number of amides is 3.